The summed E-state index contributed by atoms with van der Waals surface area (Å²) in [4.78, 5) is 41.7. The van der Waals surface area contributed by atoms with Crippen LogP contribution in [0, 0.1) is 17.3 Å². The first kappa shape index (κ1) is 73.5. The Labute approximate surface area is 624 Å². The molecule has 2 spiro atoms. The van der Waals surface area contributed by atoms with Crippen molar-refractivity contribution in [2.75, 3.05) is 55.8 Å². The van der Waals surface area contributed by atoms with E-state index in [0.29, 0.717) is 59.3 Å². The van der Waals surface area contributed by atoms with Crippen molar-refractivity contribution in [3.8, 4) is 11.1 Å². The number of nitrogens with one attached hydrogen (secondary N) is 8. The number of imide groups is 1. The van der Waals surface area contributed by atoms with Gasteiger partial charge in [-0.15, -0.1) is 0 Å². The Morgan fingerprint density at radius 2 is 1.07 bits per heavy atom. The van der Waals surface area contributed by atoms with Crippen molar-refractivity contribution in [2.24, 2.45) is 17.3 Å². The number of nitrogens with zero attached hydrogens (tertiary/aromatic N) is 8. The van der Waals surface area contributed by atoms with Crippen molar-refractivity contribution in [1.29, 1.82) is 0 Å². The van der Waals surface area contributed by atoms with Gasteiger partial charge in [0.25, 0.3) is 5.91 Å². The van der Waals surface area contributed by atoms with E-state index in [9.17, 15) is 33.0 Å². The van der Waals surface area contributed by atoms with Crippen LogP contribution in [-0.4, -0.2) is 144 Å². The van der Waals surface area contributed by atoms with Crippen LogP contribution in [0.4, 0.5) is 16.2 Å². The van der Waals surface area contributed by atoms with E-state index >= 15 is 0 Å². The lowest BCUT2D eigenvalue weighted by Crippen LogP contribution is -2.54. The highest BCUT2D eigenvalue weighted by Gasteiger charge is 2.48. The van der Waals surface area contributed by atoms with Gasteiger partial charge in [-0.05, 0) is 145 Å². The van der Waals surface area contributed by atoms with E-state index in [-0.39, 0.29) is 23.8 Å². The number of halogens is 5. The van der Waals surface area contributed by atoms with E-state index < -0.39 is 33.8 Å². The molecule has 0 bridgehead atoms. The monoisotopic (exact) mass is 1560 g/mol. The third-order valence-corrected chi connectivity index (χ3v) is 23.2. The van der Waals surface area contributed by atoms with Gasteiger partial charge in [-0.1, -0.05) is 138 Å². The van der Waals surface area contributed by atoms with E-state index in [1.165, 1.54) is 51.4 Å². The van der Waals surface area contributed by atoms with Crippen molar-refractivity contribution >= 4 is 156 Å². The summed E-state index contributed by atoms with van der Waals surface area (Å²) in [6, 6.07) is 26.4. The smallest absolute Gasteiger partial charge is 0.322 e. The molecule has 17 rings (SSSR count). The lowest BCUT2D eigenvalue weighted by Gasteiger charge is -2.40. The molecule has 5 aromatic heterocycles. The molecule has 4 aliphatic heterocycles. The Bertz CT molecular complexity index is 4960. The zero-order valence-corrected chi connectivity index (χ0v) is 62.6. The van der Waals surface area contributed by atoms with Gasteiger partial charge >= 0.3 is 6.03 Å². The quantitative estimate of drug-likeness (QED) is 0.0539. The molecule has 6 fully saturated rings. The lowest BCUT2D eigenvalue weighted by molar-refractivity contribution is -0.127. The summed E-state index contributed by atoms with van der Waals surface area (Å²) >= 11 is 28.1. The van der Waals surface area contributed by atoms with Gasteiger partial charge < -0.3 is 30.2 Å². The zero-order valence-electron chi connectivity index (χ0n) is 57.1. The van der Waals surface area contributed by atoms with Crippen LogP contribution in [0.3, 0.4) is 0 Å². The number of hydrogen-bond donors (Lipinski definition) is 10. The highest BCUT2D eigenvalue weighted by Crippen LogP contribution is 2.44. The Kier molecular flexibility index (Phi) is 22.7. The Morgan fingerprint density at radius 1 is 0.592 bits per heavy atom. The number of amides is 4. The maximum absolute atomic E-state index is 12.0. The molecule has 11 aromatic rings. The second-order valence-electron chi connectivity index (χ2n) is 28.2. The van der Waals surface area contributed by atoms with Gasteiger partial charge in [0.1, 0.15) is 5.54 Å². The molecule has 2 unspecified atom stereocenters. The predicted octanol–water partition coefficient (Wildman–Crippen LogP) is 15.2. The molecule has 103 heavy (non-hydrogen) atoms. The normalized spacial score (nSPS) is 18.3. The molecule has 23 nitrogen and oxygen atoms in total. The largest absolute Gasteiger partial charge is 0.388 e. The average Bonchev–Trinajstić information content (AvgIpc) is 1.70. The first-order valence-corrected chi connectivity index (χ1v) is 39.2. The number of anilines is 2. The molecule has 2 atom stereocenters. The topological polar surface area (TPSA) is 315 Å². The zero-order chi connectivity index (χ0) is 72.2. The molecule has 4 saturated heterocycles. The van der Waals surface area contributed by atoms with Gasteiger partial charge in [0.05, 0.1) is 77.0 Å². The van der Waals surface area contributed by atoms with E-state index in [0.717, 1.165) is 161 Å². The minimum Gasteiger partial charge on any atom is -0.388 e. The Balaban J connectivity index is 0.000000115. The molecule has 542 valence electrons. The minimum absolute atomic E-state index is 0.177. The van der Waals surface area contributed by atoms with Crippen LogP contribution in [0.2, 0.25) is 20.1 Å². The number of rotatable bonds is 11. The van der Waals surface area contributed by atoms with Crippen LogP contribution in [0.5, 0.6) is 0 Å². The summed E-state index contributed by atoms with van der Waals surface area (Å²) in [5.74, 6) is 1.08. The van der Waals surface area contributed by atoms with E-state index in [4.69, 9.17) is 46.4 Å². The maximum Gasteiger partial charge on any atom is 0.322 e. The number of likely N-dealkylation sites (tertiary alicyclic amines) is 1. The van der Waals surface area contributed by atoms with Crippen LogP contribution >= 0.6 is 62.3 Å². The molecule has 4 amide bonds. The van der Waals surface area contributed by atoms with E-state index in [1.54, 1.807) is 18.6 Å². The molecule has 9 heterocycles. The summed E-state index contributed by atoms with van der Waals surface area (Å²) in [6.45, 7) is 4.49. The second-order valence-corrected chi connectivity index (χ2v) is 32.7. The minimum atomic E-state index is -3.19. The van der Waals surface area contributed by atoms with Crippen LogP contribution in [0.15, 0.2) is 120 Å². The highest BCUT2D eigenvalue weighted by atomic mass is 79.9. The molecule has 10 N–H and O–H groups in total. The summed E-state index contributed by atoms with van der Waals surface area (Å²) in [5, 5.41) is 69.0. The fourth-order valence-electron chi connectivity index (χ4n) is 15.6. The number of fused-ring (bicyclic) bond motifs is 5. The lowest BCUT2D eigenvalue weighted by atomic mass is 9.77. The Hall–Kier alpha value is -7.85. The number of aliphatic hydroxyl groups is 2. The molecular weight excluding hydrogens is 1480 g/mol. The van der Waals surface area contributed by atoms with Crippen molar-refractivity contribution < 1.29 is 33.0 Å². The van der Waals surface area contributed by atoms with Gasteiger partial charge in [-0.25, -0.2) is 17.9 Å². The molecule has 2 saturated carbocycles. The van der Waals surface area contributed by atoms with Crippen molar-refractivity contribution in [3.63, 3.8) is 0 Å². The molecular formula is C74H83BrCl4N16O7S. The number of benzene rings is 6. The molecule has 29 heteroatoms. The van der Waals surface area contributed by atoms with Gasteiger partial charge in [0, 0.05) is 121 Å². The number of aromatic amines is 5. The number of urea groups is 1. The summed E-state index contributed by atoms with van der Waals surface area (Å²) in [5.41, 5.74) is 11.0. The van der Waals surface area contributed by atoms with Crippen molar-refractivity contribution in [3.05, 3.63) is 157 Å². The molecule has 6 aromatic carbocycles. The number of aliphatic hydroxyl groups excluding tert-OH is 2. The molecule has 6 aliphatic rings. The van der Waals surface area contributed by atoms with Crippen molar-refractivity contribution in [1.82, 2.24) is 71.2 Å². The van der Waals surface area contributed by atoms with Gasteiger partial charge in [0.2, 0.25) is 15.9 Å². The highest BCUT2D eigenvalue weighted by molar-refractivity contribution is 9.10. The molecule has 2 aliphatic carbocycles. The Morgan fingerprint density at radius 3 is 1.61 bits per heavy atom. The standard InChI is InChI=1S/C16H19ClN4O.C15H14ClN3O2S.C15H19ClN2O.C14H14BrN5O2.C14H17ClN2O/c1-20-10-16(8-15(20)22)2-4-21(5-3-16)14-7-11(17)6-13-12(14)9-18-19-13;1-22(20,21)18-8-10-2-4-11(5-3-10)13-6-12(16)7-15-14(13)9-17-19-15;16-11-7-12(13-9-17-18-14(13)8-11)15(19)6-10-4-2-1-3-5-10;15-8-5-10-9(7-16-19-10)11(6-8)20-3-1-14(2-4-20)12(21)17-13(22)18-14;15-10-6-11(12-8-16-17-13(12)7-10)14(18)9-4-2-1-3-5-9/h6-7,9H,2-5,8,10H2,1H3,(H,18,19);2-7,9,18H,8H2,1H3,(H,17,19);7-10,15,19H,1-6H2,(H,17,18);5-7H,1-4H2,(H,16,19)(H2,17,18,21,22);6-9,14,18H,1-5H2,(H,16,17). The second kappa shape index (κ2) is 31.9. The van der Waals surface area contributed by atoms with Crippen LogP contribution in [0.1, 0.15) is 132 Å². The van der Waals surface area contributed by atoms with Crippen LogP contribution < -0.4 is 25.2 Å². The first-order valence-electron chi connectivity index (χ1n) is 35.0. The van der Waals surface area contributed by atoms with Gasteiger partial charge in [-0.2, -0.15) is 25.5 Å². The molecule has 0 radical (unpaired) electrons. The number of aromatic nitrogens is 10. The van der Waals surface area contributed by atoms with Crippen molar-refractivity contribution in [2.45, 2.75) is 127 Å². The number of piperidine rings is 2. The van der Waals surface area contributed by atoms with E-state index in [1.807, 2.05) is 103 Å². The first-order chi connectivity index (χ1) is 49.5. The van der Waals surface area contributed by atoms with E-state index in [2.05, 4.69) is 98.1 Å². The third-order valence-electron chi connectivity index (χ3n) is 21.2. The number of carbonyl (C=O) groups excluding carboxylic acids is 3. The summed E-state index contributed by atoms with van der Waals surface area (Å²) in [6.07, 6.45) is 26.4. The summed E-state index contributed by atoms with van der Waals surface area (Å²) in [7, 11) is -1.28. The fourth-order valence-corrected chi connectivity index (χ4v) is 17.4. The SMILES string of the molecule is CN1CC2(CCN(c3cc(Cl)cc4[nH]ncc34)CC2)CC1=O.CS(=O)(=O)NCc1ccc(-c2cc(Cl)cc3[nH]ncc23)cc1.O=C1NC(=O)C2(CCN(c3cc(Br)cc4[nH]ncc34)CC2)N1.OC(CC1CCCCC1)c1cc(Cl)cc2[nH]ncc12.OC(c1cc(Cl)cc2[nH]ncc12)C1CCCCC1. The third kappa shape index (κ3) is 17.3. The summed E-state index contributed by atoms with van der Waals surface area (Å²) < 4.78 is 25.7. The van der Waals surface area contributed by atoms with Gasteiger partial charge in [-0.3, -0.25) is 40.4 Å². The predicted molar refractivity (Wildman–Crippen MR) is 410 cm³/mol. The number of carbonyl (C=O) groups is 3. The average molecular weight is 1560 g/mol. The number of sulfonamides is 1. The van der Waals surface area contributed by atoms with Gasteiger partial charge in [0.15, 0.2) is 0 Å². The number of H-pyrrole nitrogens is 5. The van der Waals surface area contributed by atoms with Crippen LogP contribution in [-0.2, 0) is 26.2 Å². The fraction of sp³-hybridized carbons (Fsp3) is 0.405. The number of hydrogen-bond acceptors (Lipinski definition) is 14. The maximum atomic E-state index is 12.0. The van der Waals surface area contributed by atoms with Crippen LogP contribution in [0.25, 0.3) is 65.6 Å².